The number of aromatic nitrogens is 2. The van der Waals surface area contributed by atoms with Crippen LogP contribution in [0.4, 0.5) is 5.82 Å². The molecule has 1 aromatic heterocycles. The van der Waals surface area contributed by atoms with Gasteiger partial charge < -0.3 is 10.1 Å². The van der Waals surface area contributed by atoms with Gasteiger partial charge in [-0.2, -0.15) is 0 Å². The van der Waals surface area contributed by atoms with Crippen molar-refractivity contribution < 1.29 is 4.74 Å². The van der Waals surface area contributed by atoms with Crippen LogP contribution < -0.4 is 5.32 Å². The Balaban J connectivity index is 2.46. The lowest BCUT2D eigenvalue weighted by molar-refractivity contribution is -0.0646. The van der Waals surface area contributed by atoms with Gasteiger partial charge in [0.05, 0.1) is 0 Å². The topological polar surface area (TPSA) is 47.0 Å². The molecule has 21 heavy (non-hydrogen) atoms. The number of methoxy groups -OCH3 is 1. The van der Waals surface area contributed by atoms with E-state index < -0.39 is 0 Å². The summed E-state index contributed by atoms with van der Waals surface area (Å²) < 4.78 is 5.94. The van der Waals surface area contributed by atoms with Crippen LogP contribution in [0, 0.1) is 12.8 Å². The lowest BCUT2D eigenvalue weighted by Crippen LogP contribution is -2.36. The van der Waals surface area contributed by atoms with Crippen LogP contribution in [0.2, 0.25) is 0 Å². The van der Waals surface area contributed by atoms with E-state index in [1.54, 1.807) is 7.11 Å². The second-order valence-electron chi connectivity index (χ2n) is 6.24. The van der Waals surface area contributed by atoms with E-state index in [4.69, 9.17) is 14.7 Å². The number of nitrogens with one attached hydrogen (secondary N) is 1. The Morgan fingerprint density at radius 1 is 1.33 bits per heavy atom. The van der Waals surface area contributed by atoms with Crippen LogP contribution in [0.3, 0.4) is 0 Å². The molecule has 1 fully saturated rings. The van der Waals surface area contributed by atoms with E-state index in [2.05, 4.69) is 33.0 Å². The molecule has 1 N–H and O–H groups in total. The van der Waals surface area contributed by atoms with E-state index in [-0.39, 0.29) is 5.60 Å². The lowest BCUT2D eigenvalue weighted by atomic mass is 9.78. The summed E-state index contributed by atoms with van der Waals surface area (Å²) in [5, 5.41) is 3.39. The number of hydrogen-bond acceptors (Lipinski definition) is 4. The van der Waals surface area contributed by atoms with E-state index in [0.717, 1.165) is 43.1 Å². The molecule has 0 amide bonds. The average molecular weight is 291 g/mol. The number of nitrogens with zero attached hydrogens (tertiary/aromatic N) is 2. The second kappa shape index (κ2) is 6.73. The van der Waals surface area contributed by atoms with Crippen molar-refractivity contribution in [2.24, 2.45) is 5.92 Å². The van der Waals surface area contributed by atoms with E-state index in [1.165, 1.54) is 18.4 Å². The molecule has 0 radical (unpaired) electrons. The fraction of sp³-hybridized carbons (Fsp3) is 0.765. The van der Waals surface area contributed by atoms with E-state index in [9.17, 15) is 0 Å². The van der Waals surface area contributed by atoms with Crippen molar-refractivity contribution in [2.45, 2.75) is 65.4 Å². The molecule has 1 heterocycles. The molecular formula is C17H29N3O. The Labute approximate surface area is 128 Å². The largest absolute Gasteiger partial charge is 0.370 e. The Morgan fingerprint density at radius 2 is 2.10 bits per heavy atom. The Morgan fingerprint density at radius 3 is 2.67 bits per heavy atom. The minimum absolute atomic E-state index is 0.307. The molecule has 4 nitrogen and oxygen atoms in total. The van der Waals surface area contributed by atoms with Crippen LogP contribution in [0.25, 0.3) is 0 Å². The van der Waals surface area contributed by atoms with Crippen LogP contribution >= 0.6 is 0 Å². The molecular weight excluding hydrogens is 262 g/mol. The lowest BCUT2D eigenvalue weighted by Gasteiger charge is -2.38. The molecule has 118 valence electrons. The van der Waals surface area contributed by atoms with Gasteiger partial charge in [0.2, 0.25) is 0 Å². The van der Waals surface area contributed by atoms with Crippen molar-refractivity contribution >= 4 is 5.82 Å². The SMILES string of the molecule is CCNc1nc(C2(OC)CCCC(C)C2)nc(C)c1CC. The minimum atomic E-state index is -0.307. The van der Waals surface area contributed by atoms with Gasteiger partial charge in [0.25, 0.3) is 0 Å². The number of ether oxygens (including phenoxy) is 1. The molecule has 2 atom stereocenters. The van der Waals surface area contributed by atoms with Crippen molar-refractivity contribution in [3.8, 4) is 0 Å². The van der Waals surface area contributed by atoms with Crippen molar-refractivity contribution in [1.29, 1.82) is 0 Å². The summed E-state index contributed by atoms with van der Waals surface area (Å²) in [7, 11) is 1.80. The van der Waals surface area contributed by atoms with Gasteiger partial charge >= 0.3 is 0 Å². The summed E-state index contributed by atoms with van der Waals surface area (Å²) in [6, 6.07) is 0. The molecule has 1 saturated carbocycles. The third kappa shape index (κ3) is 3.20. The van der Waals surface area contributed by atoms with Gasteiger partial charge in [0.15, 0.2) is 5.82 Å². The summed E-state index contributed by atoms with van der Waals surface area (Å²) in [6.45, 7) is 9.51. The summed E-state index contributed by atoms with van der Waals surface area (Å²) in [6.07, 6.45) is 5.44. The predicted octanol–water partition coefficient (Wildman–Crippen LogP) is 3.83. The summed E-state index contributed by atoms with van der Waals surface area (Å²) in [5.41, 5.74) is 1.99. The highest BCUT2D eigenvalue weighted by atomic mass is 16.5. The smallest absolute Gasteiger partial charge is 0.162 e. The fourth-order valence-electron chi connectivity index (χ4n) is 3.52. The summed E-state index contributed by atoms with van der Waals surface area (Å²) in [4.78, 5) is 9.66. The van der Waals surface area contributed by atoms with Crippen molar-refractivity contribution in [1.82, 2.24) is 9.97 Å². The average Bonchev–Trinajstić information content (AvgIpc) is 2.47. The third-order valence-corrected chi connectivity index (χ3v) is 4.67. The maximum absolute atomic E-state index is 5.94. The van der Waals surface area contributed by atoms with Crippen LogP contribution in [0.1, 0.15) is 63.5 Å². The van der Waals surface area contributed by atoms with Gasteiger partial charge in [0.1, 0.15) is 11.4 Å². The highest BCUT2D eigenvalue weighted by Gasteiger charge is 2.40. The van der Waals surface area contributed by atoms with Crippen molar-refractivity contribution in [2.75, 3.05) is 19.0 Å². The molecule has 0 aromatic carbocycles. The number of hydrogen-bond donors (Lipinski definition) is 1. The van der Waals surface area contributed by atoms with Crippen LogP contribution in [0.5, 0.6) is 0 Å². The number of rotatable bonds is 5. The molecule has 1 aliphatic rings. The van der Waals surface area contributed by atoms with Gasteiger partial charge in [-0.05, 0) is 45.4 Å². The Hall–Kier alpha value is -1.16. The van der Waals surface area contributed by atoms with Crippen LogP contribution in [0.15, 0.2) is 0 Å². The maximum Gasteiger partial charge on any atom is 0.162 e. The zero-order valence-corrected chi connectivity index (χ0v) is 14.1. The van der Waals surface area contributed by atoms with E-state index >= 15 is 0 Å². The summed E-state index contributed by atoms with van der Waals surface area (Å²) in [5.74, 6) is 2.51. The van der Waals surface area contributed by atoms with Gasteiger partial charge in [-0.25, -0.2) is 9.97 Å². The number of anilines is 1. The monoisotopic (exact) mass is 291 g/mol. The molecule has 0 bridgehead atoms. The number of aryl methyl sites for hydroxylation is 1. The second-order valence-corrected chi connectivity index (χ2v) is 6.24. The van der Waals surface area contributed by atoms with Gasteiger partial charge in [-0.15, -0.1) is 0 Å². The molecule has 0 spiro atoms. The van der Waals surface area contributed by atoms with E-state index in [0.29, 0.717) is 5.92 Å². The van der Waals surface area contributed by atoms with Gasteiger partial charge in [-0.3, -0.25) is 0 Å². The quantitative estimate of drug-likeness (QED) is 0.895. The zero-order chi connectivity index (χ0) is 15.5. The summed E-state index contributed by atoms with van der Waals surface area (Å²) >= 11 is 0. The molecule has 1 aliphatic carbocycles. The minimum Gasteiger partial charge on any atom is -0.370 e. The molecule has 2 unspecified atom stereocenters. The third-order valence-electron chi connectivity index (χ3n) is 4.67. The molecule has 2 rings (SSSR count). The maximum atomic E-state index is 5.94. The standard InChI is InChI=1S/C17H29N3O/c1-6-14-13(4)19-16(20-15(14)18-7-2)17(21-5)10-8-9-12(3)11-17/h12H,6-11H2,1-5H3,(H,18,19,20). The fourth-order valence-corrected chi connectivity index (χ4v) is 3.52. The first kappa shape index (κ1) is 16.2. The first-order valence-electron chi connectivity index (χ1n) is 8.23. The van der Waals surface area contributed by atoms with Gasteiger partial charge in [-0.1, -0.05) is 20.3 Å². The van der Waals surface area contributed by atoms with Crippen molar-refractivity contribution in [3.63, 3.8) is 0 Å². The van der Waals surface area contributed by atoms with Gasteiger partial charge in [0, 0.05) is 24.9 Å². The van der Waals surface area contributed by atoms with Crippen LogP contribution in [-0.4, -0.2) is 23.6 Å². The van der Waals surface area contributed by atoms with Crippen molar-refractivity contribution in [3.05, 3.63) is 17.1 Å². The highest BCUT2D eigenvalue weighted by Crippen LogP contribution is 2.41. The molecule has 0 saturated heterocycles. The predicted molar refractivity (Wildman–Crippen MR) is 86.6 cm³/mol. The Kier molecular flexibility index (Phi) is 5.20. The zero-order valence-electron chi connectivity index (χ0n) is 14.1. The Bertz CT molecular complexity index is 489. The van der Waals surface area contributed by atoms with E-state index in [1.807, 2.05) is 0 Å². The molecule has 1 aromatic rings. The normalized spacial score (nSPS) is 25.9. The molecule has 4 heteroatoms. The first-order valence-corrected chi connectivity index (χ1v) is 8.23. The molecule has 0 aliphatic heterocycles. The highest BCUT2D eigenvalue weighted by molar-refractivity contribution is 5.47. The van der Waals surface area contributed by atoms with Crippen LogP contribution in [-0.2, 0) is 16.8 Å². The first-order chi connectivity index (χ1) is 10.1.